The Hall–Kier alpha value is -2.38. The minimum absolute atomic E-state index is 0.335. The SMILES string of the molecule is O=C(N[C@H](C(=O)O)C1(S)CCN(Cc2ccccc2)CC1)c1cccnc1. The number of carboxylic acid groups (broad SMARTS) is 1. The van der Waals surface area contributed by atoms with E-state index < -0.39 is 22.7 Å². The van der Waals surface area contributed by atoms with Crippen molar-refractivity contribution in [2.24, 2.45) is 0 Å². The second kappa shape index (κ2) is 8.54. The topological polar surface area (TPSA) is 82.5 Å². The molecule has 1 aliphatic heterocycles. The molecule has 2 N–H and O–H groups in total. The van der Waals surface area contributed by atoms with Gasteiger partial charge < -0.3 is 10.4 Å². The number of carbonyl (C=O) groups is 2. The predicted octanol–water partition coefficient (Wildman–Crippen LogP) is 2.23. The molecule has 1 saturated heterocycles. The van der Waals surface area contributed by atoms with Crippen molar-refractivity contribution in [2.45, 2.75) is 30.2 Å². The number of aliphatic carboxylic acids is 1. The minimum Gasteiger partial charge on any atom is -0.480 e. The van der Waals surface area contributed by atoms with Gasteiger partial charge in [-0.05, 0) is 43.6 Å². The van der Waals surface area contributed by atoms with E-state index in [1.165, 1.54) is 11.8 Å². The molecular formula is C20H23N3O3S. The summed E-state index contributed by atoms with van der Waals surface area (Å²) in [6, 6.07) is 12.4. The zero-order chi connectivity index (χ0) is 19.3. The summed E-state index contributed by atoms with van der Waals surface area (Å²) in [5.74, 6) is -1.52. The van der Waals surface area contributed by atoms with Gasteiger partial charge in [-0.1, -0.05) is 30.3 Å². The Morgan fingerprint density at radius 1 is 1.19 bits per heavy atom. The third kappa shape index (κ3) is 4.87. The van der Waals surface area contributed by atoms with Crippen molar-refractivity contribution in [1.82, 2.24) is 15.2 Å². The van der Waals surface area contributed by atoms with Gasteiger partial charge in [-0.3, -0.25) is 14.7 Å². The molecule has 7 heteroatoms. The smallest absolute Gasteiger partial charge is 0.327 e. The summed E-state index contributed by atoms with van der Waals surface area (Å²) < 4.78 is -0.795. The molecule has 3 rings (SSSR count). The van der Waals surface area contributed by atoms with E-state index in [0.717, 1.165) is 19.6 Å². The summed E-state index contributed by atoms with van der Waals surface area (Å²) in [5, 5.41) is 12.3. The van der Waals surface area contributed by atoms with Crippen LogP contribution in [0.5, 0.6) is 0 Å². The zero-order valence-corrected chi connectivity index (χ0v) is 15.8. The van der Waals surface area contributed by atoms with Crippen LogP contribution in [0.15, 0.2) is 54.9 Å². The molecule has 0 spiro atoms. The number of carbonyl (C=O) groups excluding carboxylic acids is 1. The average molecular weight is 385 g/mol. The fourth-order valence-electron chi connectivity index (χ4n) is 3.37. The maximum atomic E-state index is 12.4. The van der Waals surface area contributed by atoms with Crippen molar-refractivity contribution in [3.63, 3.8) is 0 Å². The molecule has 0 aliphatic carbocycles. The second-order valence-electron chi connectivity index (χ2n) is 6.85. The first-order valence-corrected chi connectivity index (χ1v) is 9.35. The second-order valence-corrected chi connectivity index (χ2v) is 7.74. The number of likely N-dealkylation sites (tertiary alicyclic amines) is 1. The van der Waals surface area contributed by atoms with Crippen LogP contribution in [0, 0.1) is 0 Å². The van der Waals surface area contributed by atoms with E-state index in [1.807, 2.05) is 18.2 Å². The van der Waals surface area contributed by atoms with Crippen LogP contribution < -0.4 is 5.32 Å². The Morgan fingerprint density at radius 3 is 2.48 bits per heavy atom. The lowest BCUT2D eigenvalue weighted by Gasteiger charge is -2.42. The molecule has 0 radical (unpaired) electrons. The van der Waals surface area contributed by atoms with Crippen molar-refractivity contribution in [2.75, 3.05) is 13.1 Å². The van der Waals surface area contributed by atoms with E-state index in [0.29, 0.717) is 18.4 Å². The highest BCUT2D eigenvalue weighted by Crippen LogP contribution is 2.33. The van der Waals surface area contributed by atoms with Crippen molar-refractivity contribution in [1.29, 1.82) is 0 Å². The number of thiol groups is 1. The monoisotopic (exact) mass is 385 g/mol. The number of rotatable bonds is 6. The molecule has 0 bridgehead atoms. The van der Waals surface area contributed by atoms with Crippen molar-refractivity contribution >= 4 is 24.5 Å². The Balaban J connectivity index is 1.64. The molecule has 2 aromatic rings. The molecule has 2 heterocycles. The number of benzene rings is 1. The highest BCUT2D eigenvalue weighted by molar-refractivity contribution is 7.82. The maximum absolute atomic E-state index is 12.4. The first-order chi connectivity index (χ1) is 13.0. The fourth-order valence-corrected chi connectivity index (χ4v) is 3.74. The Bertz CT molecular complexity index is 778. The van der Waals surface area contributed by atoms with Crippen LogP contribution in [0.3, 0.4) is 0 Å². The van der Waals surface area contributed by atoms with E-state index >= 15 is 0 Å². The first-order valence-electron chi connectivity index (χ1n) is 8.90. The molecule has 1 fully saturated rings. The highest BCUT2D eigenvalue weighted by atomic mass is 32.1. The summed E-state index contributed by atoms with van der Waals surface area (Å²) in [7, 11) is 0. The number of nitrogens with one attached hydrogen (secondary N) is 1. The van der Waals surface area contributed by atoms with Gasteiger partial charge in [-0.15, -0.1) is 0 Å². The van der Waals surface area contributed by atoms with Gasteiger partial charge in [0.1, 0.15) is 6.04 Å². The largest absolute Gasteiger partial charge is 0.480 e. The molecule has 1 aliphatic rings. The summed E-state index contributed by atoms with van der Waals surface area (Å²) in [6.07, 6.45) is 4.14. The number of aromatic nitrogens is 1. The lowest BCUT2D eigenvalue weighted by Crippen LogP contribution is -2.58. The quantitative estimate of drug-likeness (QED) is 0.665. The van der Waals surface area contributed by atoms with Gasteiger partial charge in [0, 0.05) is 23.7 Å². The fraction of sp³-hybridized carbons (Fsp3) is 0.350. The third-order valence-electron chi connectivity index (χ3n) is 4.95. The van der Waals surface area contributed by atoms with E-state index in [9.17, 15) is 14.7 Å². The number of carboxylic acids is 1. The Morgan fingerprint density at radius 2 is 1.89 bits per heavy atom. The lowest BCUT2D eigenvalue weighted by molar-refractivity contribution is -0.140. The van der Waals surface area contributed by atoms with Crippen LogP contribution in [0.2, 0.25) is 0 Å². The molecule has 1 aromatic heterocycles. The predicted molar refractivity (Wildman–Crippen MR) is 106 cm³/mol. The molecule has 6 nitrogen and oxygen atoms in total. The average Bonchev–Trinajstić information content (AvgIpc) is 2.69. The van der Waals surface area contributed by atoms with Gasteiger partial charge >= 0.3 is 5.97 Å². The highest BCUT2D eigenvalue weighted by Gasteiger charge is 2.43. The van der Waals surface area contributed by atoms with Gasteiger partial charge in [-0.2, -0.15) is 12.6 Å². The molecule has 0 saturated carbocycles. The van der Waals surface area contributed by atoms with Gasteiger partial charge in [0.25, 0.3) is 5.91 Å². The number of hydrogen-bond donors (Lipinski definition) is 3. The normalized spacial score (nSPS) is 17.8. The number of pyridine rings is 1. The molecule has 142 valence electrons. The van der Waals surface area contributed by atoms with E-state index in [2.05, 4.69) is 27.3 Å². The van der Waals surface area contributed by atoms with Gasteiger partial charge in [-0.25, -0.2) is 4.79 Å². The van der Waals surface area contributed by atoms with Crippen molar-refractivity contribution in [3.8, 4) is 0 Å². The summed E-state index contributed by atoms with van der Waals surface area (Å²) in [5.41, 5.74) is 1.56. The van der Waals surface area contributed by atoms with Crippen LogP contribution in [-0.4, -0.2) is 50.7 Å². The summed E-state index contributed by atoms with van der Waals surface area (Å²) in [6.45, 7) is 2.28. The van der Waals surface area contributed by atoms with E-state index in [-0.39, 0.29) is 0 Å². The lowest BCUT2D eigenvalue weighted by atomic mass is 9.87. The van der Waals surface area contributed by atoms with Crippen molar-refractivity contribution < 1.29 is 14.7 Å². The summed E-state index contributed by atoms with van der Waals surface area (Å²) >= 11 is 4.70. The molecule has 1 aromatic carbocycles. The van der Waals surface area contributed by atoms with E-state index in [1.54, 1.807) is 18.3 Å². The van der Waals surface area contributed by atoms with Gasteiger partial charge in [0.15, 0.2) is 0 Å². The van der Waals surface area contributed by atoms with Crippen LogP contribution >= 0.6 is 12.6 Å². The van der Waals surface area contributed by atoms with Crippen LogP contribution in [0.25, 0.3) is 0 Å². The number of piperidine rings is 1. The summed E-state index contributed by atoms with van der Waals surface area (Å²) in [4.78, 5) is 30.4. The van der Waals surface area contributed by atoms with Gasteiger partial charge in [0.2, 0.25) is 0 Å². The van der Waals surface area contributed by atoms with Crippen LogP contribution in [0.1, 0.15) is 28.8 Å². The third-order valence-corrected chi connectivity index (χ3v) is 5.66. The molecular weight excluding hydrogens is 362 g/mol. The minimum atomic E-state index is -1.07. The maximum Gasteiger partial charge on any atom is 0.327 e. The number of hydrogen-bond acceptors (Lipinski definition) is 5. The first kappa shape index (κ1) is 19.4. The number of amides is 1. The molecule has 27 heavy (non-hydrogen) atoms. The van der Waals surface area contributed by atoms with Gasteiger partial charge in [0.05, 0.1) is 5.56 Å². The van der Waals surface area contributed by atoms with E-state index in [4.69, 9.17) is 12.6 Å². The molecule has 1 atom stereocenters. The number of nitrogens with zero attached hydrogens (tertiary/aromatic N) is 2. The standard InChI is InChI=1S/C20H23N3O3S/c24-18(16-7-4-10-21-13-16)22-17(19(25)26)20(27)8-11-23(12-9-20)14-15-5-2-1-3-6-15/h1-7,10,13,17,27H,8-9,11-12,14H2,(H,22,24)(H,25,26)/t17-/m1/s1. The molecule has 1 amide bonds. The van der Waals surface area contributed by atoms with Crippen LogP contribution in [-0.2, 0) is 11.3 Å². The Kier molecular flexibility index (Phi) is 6.13. The molecule has 0 unspecified atom stereocenters. The van der Waals surface area contributed by atoms with Crippen molar-refractivity contribution in [3.05, 3.63) is 66.0 Å². The Labute approximate surface area is 164 Å². The zero-order valence-electron chi connectivity index (χ0n) is 14.9. The van der Waals surface area contributed by atoms with Crippen LogP contribution in [0.4, 0.5) is 0 Å².